The van der Waals surface area contributed by atoms with Gasteiger partial charge in [-0.3, -0.25) is 14.2 Å². The van der Waals surface area contributed by atoms with Crippen LogP contribution in [0.15, 0.2) is 47.3 Å². The van der Waals surface area contributed by atoms with Gasteiger partial charge in [-0.2, -0.15) is 0 Å². The number of aromatic nitrogens is 2. The number of ether oxygens (including phenoxy) is 2. The van der Waals surface area contributed by atoms with Crippen LogP contribution in [0.3, 0.4) is 0 Å². The average molecular weight is 352 g/mol. The minimum Gasteiger partial charge on any atom is -0.481 e. The lowest BCUT2D eigenvalue weighted by atomic mass is 10.1. The zero-order valence-electron chi connectivity index (χ0n) is 13.8. The van der Waals surface area contributed by atoms with E-state index in [1.807, 2.05) is 12.1 Å². The van der Waals surface area contributed by atoms with Gasteiger partial charge < -0.3 is 14.6 Å². The second kappa shape index (κ2) is 6.51. The van der Waals surface area contributed by atoms with Crippen molar-refractivity contribution in [2.24, 2.45) is 0 Å². The summed E-state index contributed by atoms with van der Waals surface area (Å²) >= 11 is 0. The third kappa shape index (κ3) is 2.99. The Hall–Kier alpha value is -3.35. The second-order valence-electron chi connectivity index (χ2n) is 6.02. The zero-order valence-corrected chi connectivity index (χ0v) is 13.8. The molecule has 0 atom stereocenters. The molecule has 0 amide bonds. The van der Waals surface area contributed by atoms with Crippen molar-refractivity contribution in [2.45, 2.75) is 19.4 Å². The molecule has 1 aliphatic rings. The fourth-order valence-corrected chi connectivity index (χ4v) is 3.01. The van der Waals surface area contributed by atoms with Crippen LogP contribution in [0, 0.1) is 0 Å². The van der Waals surface area contributed by atoms with Crippen LogP contribution in [0.25, 0.3) is 10.9 Å². The van der Waals surface area contributed by atoms with E-state index in [-0.39, 0.29) is 31.7 Å². The van der Waals surface area contributed by atoms with Crippen LogP contribution in [0.5, 0.6) is 11.5 Å². The maximum Gasteiger partial charge on any atom is 0.303 e. The van der Waals surface area contributed by atoms with E-state index in [1.54, 1.807) is 30.3 Å². The number of fused-ring (bicyclic) bond motifs is 2. The molecule has 0 aliphatic carbocycles. The zero-order chi connectivity index (χ0) is 18.1. The molecule has 4 rings (SSSR count). The highest BCUT2D eigenvalue weighted by Gasteiger charge is 2.16. The molecular weight excluding hydrogens is 336 g/mol. The van der Waals surface area contributed by atoms with Crippen LogP contribution < -0.4 is 15.0 Å². The highest BCUT2D eigenvalue weighted by molar-refractivity contribution is 5.77. The lowest BCUT2D eigenvalue weighted by Crippen LogP contribution is -2.26. The first-order valence-corrected chi connectivity index (χ1v) is 8.20. The van der Waals surface area contributed by atoms with E-state index in [4.69, 9.17) is 14.6 Å². The van der Waals surface area contributed by atoms with Gasteiger partial charge in [0.15, 0.2) is 11.5 Å². The second-order valence-corrected chi connectivity index (χ2v) is 6.02. The van der Waals surface area contributed by atoms with Gasteiger partial charge in [-0.05, 0) is 29.8 Å². The summed E-state index contributed by atoms with van der Waals surface area (Å²) < 4.78 is 12.2. The van der Waals surface area contributed by atoms with E-state index in [1.165, 1.54) is 4.57 Å². The van der Waals surface area contributed by atoms with Crippen molar-refractivity contribution in [1.29, 1.82) is 0 Å². The van der Waals surface area contributed by atoms with Crippen LogP contribution in [0.2, 0.25) is 0 Å². The van der Waals surface area contributed by atoms with Crippen molar-refractivity contribution in [3.63, 3.8) is 0 Å². The van der Waals surface area contributed by atoms with Crippen molar-refractivity contribution in [2.75, 3.05) is 6.79 Å². The maximum absolute atomic E-state index is 13.0. The molecule has 2 aromatic carbocycles. The van der Waals surface area contributed by atoms with Gasteiger partial charge in [-0.15, -0.1) is 0 Å². The van der Waals surface area contributed by atoms with E-state index in [0.29, 0.717) is 28.2 Å². The Morgan fingerprint density at radius 2 is 1.96 bits per heavy atom. The molecule has 0 bridgehead atoms. The largest absolute Gasteiger partial charge is 0.481 e. The van der Waals surface area contributed by atoms with Gasteiger partial charge >= 0.3 is 5.97 Å². The van der Waals surface area contributed by atoms with Crippen molar-refractivity contribution >= 4 is 16.9 Å². The third-order valence-corrected chi connectivity index (χ3v) is 4.28. The van der Waals surface area contributed by atoms with Gasteiger partial charge in [0.1, 0.15) is 5.82 Å². The summed E-state index contributed by atoms with van der Waals surface area (Å²) in [6.45, 7) is 0.461. The van der Waals surface area contributed by atoms with Gasteiger partial charge in [0.2, 0.25) is 6.79 Å². The van der Waals surface area contributed by atoms with Gasteiger partial charge in [0.25, 0.3) is 5.56 Å². The number of hydrogen-bond acceptors (Lipinski definition) is 5. The molecule has 0 spiro atoms. The van der Waals surface area contributed by atoms with Gasteiger partial charge in [-0.1, -0.05) is 18.2 Å². The molecule has 3 aromatic rings. The summed E-state index contributed by atoms with van der Waals surface area (Å²) in [7, 11) is 0. The number of aliphatic carboxylic acids is 1. The molecule has 1 N–H and O–H groups in total. The first kappa shape index (κ1) is 16.1. The van der Waals surface area contributed by atoms with Crippen molar-refractivity contribution < 1.29 is 19.4 Å². The molecule has 0 saturated carbocycles. The molecule has 0 radical (unpaired) electrons. The summed E-state index contributed by atoms with van der Waals surface area (Å²) in [6.07, 6.45) is 0.0892. The Balaban J connectivity index is 1.78. The average Bonchev–Trinajstić information content (AvgIpc) is 3.10. The van der Waals surface area contributed by atoms with Crippen LogP contribution in [-0.4, -0.2) is 27.4 Å². The number of carboxylic acids is 1. The summed E-state index contributed by atoms with van der Waals surface area (Å²) in [5.41, 5.74) is 1.23. The first-order chi connectivity index (χ1) is 12.6. The number of nitrogens with zero attached hydrogens (tertiary/aromatic N) is 2. The molecule has 26 heavy (non-hydrogen) atoms. The van der Waals surface area contributed by atoms with E-state index in [0.717, 1.165) is 5.56 Å². The van der Waals surface area contributed by atoms with E-state index < -0.39 is 5.97 Å². The lowest BCUT2D eigenvalue weighted by Gasteiger charge is -2.13. The Labute approximate surface area is 148 Å². The molecule has 0 unspecified atom stereocenters. The number of carbonyl (C=O) groups is 1. The molecule has 0 fully saturated rings. The third-order valence-electron chi connectivity index (χ3n) is 4.28. The Bertz CT molecular complexity index is 1060. The number of benzene rings is 2. The number of para-hydroxylation sites is 1. The highest BCUT2D eigenvalue weighted by atomic mass is 16.7. The standard InChI is InChI=1S/C19H16N2O5/c22-18(23)8-7-17-20-14-4-2-1-3-13(14)19(24)21(17)10-12-5-6-15-16(9-12)26-11-25-15/h1-6,9H,7-8,10-11H2,(H,22,23). The fraction of sp³-hybridized carbons (Fsp3) is 0.211. The van der Waals surface area contributed by atoms with Crippen molar-refractivity contribution in [3.05, 3.63) is 64.2 Å². The molecule has 132 valence electrons. The highest BCUT2D eigenvalue weighted by Crippen LogP contribution is 2.32. The Kier molecular flexibility index (Phi) is 4.04. The minimum absolute atomic E-state index is 0.0914. The summed E-state index contributed by atoms with van der Waals surface area (Å²) in [5.74, 6) is 0.830. The molecular formula is C19H16N2O5. The predicted molar refractivity (Wildman–Crippen MR) is 93.6 cm³/mol. The maximum atomic E-state index is 13.0. The lowest BCUT2D eigenvalue weighted by molar-refractivity contribution is -0.137. The van der Waals surface area contributed by atoms with Crippen LogP contribution >= 0.6 is 0 Å². The topological polar surface area (TPSA) is 90.7 Å². The number of carboxylic acid groups (broad SMARTS) is 1. The quantitative estimate of drug-likeness (QED) is 0.757. The minimum atomic E-state index is -0.929. The van der Waals surface area contributed by atoms with Crippen LogP contribution in [-0.2, 0) is 17.8 Å². The van der Waals surface area contributed by atoms with E-state index in [2.05, 4.69) is 4.98 Å². The molecule has 7 nitrogen and oxygen atoms in total. The molecule has 2 heterocycles. The smallest absolute Gasteiger partial charge is 0.303 e. The summed E-state index contributed by atoms with van der Waals surface area (Å²) in [4.78, 5) is 28.4. The van der Waals surface area contributed by atoms with E-state index >= 15 is 0 Å². The van der Waals surface area contributed by atoms with Gasteiger partial charge in [-0.25, -0.2) is 4.98 Å². The molecule has 1 aliphatic heterocycles. The normalized spacial score (nSPS) is 12.5. The van der Waals surface area contributed by atoms with Crippen LogP contribution in [0.1, 0.15) is 17.8 Å². The fourth-order valence-electron chi connectivity index (χ4n) is 3.01. The molecule has 7 heteroatoms. The summed E-state index contributed by atoms with van der Waals surface area (Å²) in [6, 6.07) is 12.5. The van der Waals surface area contributed by atoms with Gasteiger partial charge in [0, 0.05) is 6.42 Å². The monoisotopic (exact) mass is 352 g/mol. The number of hydrogen-bond donors (Lipinski definition) is 1. The van der Waals surface area contributed by atoms with Gasteiger partial charge in [0.05, 0.1) is 23.9 Å². The molecule has 1 aromatic heterocycles. The SMILES string of the molecule is O=C(O)CCc1nc2ccccc2c(=O)n1Cc1ccc2c(c1)OCO2. The Morgan fingerprint density at radius 1 is 1.15 bits per heavy atom. The van der Waals surface area contributed by atoms with Crippen LogP contribution in [0.4, 0.5) is 0 Å². The molecule has 0 saturated heterocycles. The Morgan fingerprint density at radius 3 is 2.81 bits per heavy atom. The van der Waals surface area contributed by atoms with E-state index in [9.17, 15) is 9.59 Å². The van der Waals surface area contributed by atoms with Crippen molar-refractivity contribution in [1.82, 2.24) is 9.55 Å². The number of aryl methyl sites for hydroxylation is 1. The van der Waals surface area contributed by atoms with Crippen molar-refractivity contribution in [3.8, 4) is 11.5 Å². The number of rotatable bonds is 5. The predicted octanol–water partition coefficient (Wildman–Crippen LogP) is 2.19. The summed E-state index contributed by atoms with van der Waals surface area (Å²) in [5, 5.41) is 9.50. The first-order valence-electron chi connectivity index (χ1n) is 8.20.